The first-order valence-corrected chi connectivity index (χ1v) is 6.83. The Morgan fingerprint density at radius 3 is 2.70 bits per heavy atom. The number of ketones is 1. The highest BCUT2D eigenvalue weighted by atomic mass is 35.5. The second-order valence-electron chi connectivity index (χ2n) is 4.97. The molecule has 3 aromatic rings. The molecule has 3 rings (SSSR count). The zero-order valence-corrected chi connectivity index (χ0v) is 12.1. The molecule has 0 fully saturated rings. The van der Waals surface area contributed by atoms with Crippen LogP contribution in [0.2, 0.25) is 5.02 Å². The Balaban J connectivity index is 2.18. The minimum Gasteiger partial charge on any atom is -0.360 e. The standard InChI is InChI=1S/C17H14ClNO/c1-10-4-3-5-13(11(10)2)17(20)15-9-19-16-7-6-12(18)8-14(15)16/h3-9,19H,1-2H3. The van der Waals surface area contributed by atoms with Crippen molar-refractivity contribution in [3.05, 3.63) is 69.9 Å². The van der Waals surface area contributed by atoms with Crippen LogP contribution in [0.15, 0.2) is 42.6 Å². The number of fused-ring (bicyclic) bond motifs is 1. The van der Waals surface area contributed by atoms with Gasteiger partial charge in [-0.25, -0.2) is 0 Å². The normalized spacial score (nSPS) is 10.9. The number of aryl methyl sites for hydroxylation is 1. The number of hydrogen-bond acceptors (Lipinski definition) is 1. The van der Waals surface area contributed by atoms with Crippen LogP contribution in [0, 0.1) is 13.8 Å². The Morgan fingerprint density at radius 2 is 1.90 bits per heavy atom. The van der Waals surface area contributed by atoms with E-state index in [0.717, 1.165) is 27.6 Å². The molecule has 0 bridgehead atoms. The molecular formula is C17H14ClNO. The van der Waals surface area contributed by atoms with E-state index in [4.69, 9.17) is 11.6 Å². The van der Waals surface area contributed by atoms with Crippen molar-refractivity contribution in [3.8, 4) is 0 Å². The van der Waals surface area contributed by atoms with E-state index >= 15 is 0 Å². The molecule has 0 amide bonds. The monoisotopic (exact) mass is 283 g/mol. The number of H-pyrrole nitrogens is 1. The molecule has 2 nitrogen and oxygen atoms in total. The first-order valence-electron chi connectivity index (χ1n) is 6.45. The molecule has 0 saturated carbocycles. The van der Waals surface area contributed by atoms with Crippen molar-refractivity contribution < 1.29 is 4.79 Å². The van der Waals surface area contributed by atoms with Gasteiger partial charge in [0.1, 0.15) is 0 Å². The van der Waals surface area contributed by atoms with Crippen molar-refractivity contribution in [1.29, 1.82) is 0 Å². The molecule has 1 N–H and O–H groups in total. The number of nitrogens with one attached hydrogen (secondary N) is 1. The SMILES string of the molecule is Cc1cccc(C(=O)c2c[nH]c3ccc(Cl)cc23)c1C. The summed E-state index contributed by atoms with van der Waals surface area (Å²) in [5.74, 6) is 0.0275. The Hall–Kier alpha value is -2.06. The zero-order valence-electron chi connectivity index (χ0n) is 11.3. The van der Waals surface area contributed by atoms with Crippen molar-refractivity contribution in [1.82, 2.24) is 4.98 Å². The van der Waals surface area contributed by atoms with Gasteiger partial charge in [-0.3, -0.25) is 4.79 Å². The van der Waals surface area contributed by atoms with Crippen molar-refractivity contribution in [2.45, 2.75) is 13.8 Å². The van der Waals surface area contributed by atoms with Crippen LogP contribution in [0.5, 0.6) is 0 Å². The summed E-state index contributed by atoms with van der Waals surface area (Å²) in [6.07, 6.45) is 1.76. The van der Waals surface area contributed by atoms with Crippen LogP contribution in [0.25, 0.3) is 10.9 Å². The third-order valence-corrected chi connectivity index (χ3v) is 3.97. The summed E-state index contributed by atoms with van der Waals surface area (Å²) < 4.78 is 0. The Kier molecular flexibility index (Phi) is 3.11. The summed E-state index contributed by atoms with van der Waals surface area (Å²) >= 11 is 6.03. The lowest BCUT2D eigenvalue weighted by Crippen LogP contribution is -2.04. The van der Waals surface area contributed by atoms with E-state index < -0.39 is 0 Å². The van der Waals surface area contributed by atoms with Gasteiger partial charge in [0.05, 0.1) is 0 Å². The fourth-order valence-corrected chi connectivity index (χ4v) is 2.59. The van der Waals surface area contributed by atoms with Crippen LogP contribution in [0.3, 0.4) is 0 Å². The average molecular weight is 284 g/mol. The fraction of sp³-hybridized carbons (Fsp3) is 0.118. The predicted octanol–water partition coefficient (Wildman–Crippen LogP) is 4.67. The molecule has 0 aliphatic rings. The van der Waals surface area contributed by atoms with Gasteiger partial charge in [-0.15, -0.1) is 0 Å². The number of aromatic nitrogens is 1. The second-order valence-corrected chi connectivity index (χ2v) is 5.41. The molecule has 3 heteroatoms. The quantitative estimate of drug-likeness (QED) is 0.681. The van der Waals surface area contributed by atoms with Crippen LogP contribution >= 0.6 is 11.6 Å². The van der Waals surface area contributed by atoms with Gasteiger partial charge < -0.3 is 4.98 Å². The molecule has 1 aromatic heterocycles. The highest BCUT2D eigenvalue weighted by Gasteiger charge is 2.16. The lowest BCUT2D eigenvalue weighted by Gasteiger charge is -2.07. The molecule has 0 unspecified atom stereocenters. The van der Waals surface area contributed by atoms with Gasteiger partial charge in [0, 0.05) is 33.2 Å². The minimum atomic E-state index is 0.0275. The maximum absolute atomic E-state index is 12.7. The van der Waals surface area contributed by atoms with Gasteiger partial charge in [0.2, 0.25) is 0 Å². The third-order valence-electron chi connectivity index (χ3n) is 3.74. The van der Waals surface area contributed by atoms with Gasteiger partial charge in [-0.1, -0.05) is 29.8 Å². The molecule has 100 valence electrons. The first kappa shape index (κ1) is 12.9. The van der Waals surface area contributed by atoms with Crippen molar-refractivity contribution >= 4 is 28.3 Å². The van der Waals surface area contributed by atoms with E-state index in [0.29, 0.717) is 10.6 Å². The van der Waals surface area contributed by atoms with Crippen molar-refractivity contribution in [2.24, 2.45) is 0 Å². The molecule has 20 heavy (non-hydrogen) atoms. The molecule has 0 saturated heterocycles. The van der Waals surface area contributed by atoms with Crippen molar-refractivity contribution in [2.75, 3.05) is 0 Å². The van der Waals surface area contributed by atoms with E-state index in [1.54, 1.807) is 6.20 Å². The Morgan fingerprint density at radius 1 is 1.10 bits per heavy atom. The Bertz CT molecular complexity index is 817. The number of hydrogen-bond donors (Lipinski definition) is 1. The van der Waals surface area contributed by atoms with Gasteiger partial charge in [0.15, 0.2) is 5.78 Å². The van der Waals surface area contributed by atoms with Gasteiger partial charge in [0.25, 0.3) is 0 Å². The minimum absolute atomic E-state index is 0.0275. The summed E-state index contributed by atoms with van der Waals surface area (Å²) in [6.45, 7) is 3.99. The summed E-state index contributed by atoms with van der Waals surface area (Å²) in [5, 5.41) is 1.50. The zero-order chi connectivity index (χ0) is 14.3. The molecular weight excluding hydrogens is 270 g/mol. The number of halogens is 1. The summed E-state index contributed by atoms with van der Waals surface area (Å²) in [5.41, 5.74) is 4.47. The van der Waals surface area contributed by atoms with Crippen LogP contribution in [-0.4, -0.2) is 10.8 Å². The smallest absolute Gasteiger partial charge is 0.195 e. The predicted molar refractivity (Wildman–Crippen MR) is 82.7 cm³/mol. The largest absolute Gasteiger partial charge is 0.360 e. The number of rotatable bonds is 2. The number of aromatic amines is 1. The molecule has 0 atom stereocenters. The molecule has 2 aromatic carbocycles. The summed E-state index contributed by atoms with van der Waals surface area (Å²) in [6, 6.07) is 11.3. The number of benzene rings is 2. The summed E-state index contributed by atoms with van der Waals surface area (Å²) in [7, 11) is 0. The van der Waals surface area contributed by atoms with Gasteiger partial charge in [-0.05, 0) is 43.2 Å². The average Bonchev–Trinajstić information content (AvgIpc) is 2.84. The van der Waals surface area contributed by atoms with Crippen molar-refractivity contribution in [3.63, 3.8) is 0 Å². The lowest BCUT2D eigenvalue weighted by molar-refractivity contribution is 0.103. The molecule has 1 heterocycles. The van der Waals surface area contributed by atoms with Crippen LogP contribution in [-0.2, 0) is 0 Å². The highest BCUT2D eigenvalue weighted by Crippen LogP contribution is 2.26. The van der Waals surface area contributed by atoms with E-state index in [9.17, 15) is 4.79 Å². The number of carbonyl (C=O) groups excluding carboxylic acids is 1. The highest BCUT2D eigenvalue weighted by molar-refractivity contribution is 6.31. The topological polar surface area (TPSA) is 32.9 Å². The van der Waals surface area contributed by atoms with Gasteiger partial charge in [-0.2, -0.15) is 0 Å². The van der Waals surface area contributed by atoms with E-state index in [-0.39, 0.29) is 5.78 Å². The molecule has 0 radical (unpaired) electrons. The van der Waals surface area contributed by atoms with Crippen LogP contribution in [0.4, 0.5) is 0 Å². The Labute approximate surface area is 122 Å². The summed E-state index contributed by atoms with van der Waals surface area (Å²) in [4.78, 5) is 15.9. The first-order chi connectivity index (χ1) is 9.58. The van der Waals surface area contributed by atoms with E-state index in [2.05, 4.69) is 4.98 Å². The van der Waals surface area contributed by atoms with Crippen LogP contribution in [0.1, 0.15) is 27.0 Å². The lowest BCUT2D eigenvalue weighted by atomic mass is 9.96. The second kappa shape index (κ2) is 4.80. The number of carbonyl (C=O) groups is 1. The molecule has 0 aliphatic carbocycles. The fourth-order valence-electron chi connectivity index (χ4n) is 2.42. The molecule has 0 spiro atoms. The maximum atomic E-state index is 12.7. The molecule has 0 aliphatic heterocycles. The van der Waals surface area contributed by atoms with Crippen LogP contribution < -0.4 is 0 Å². The maximum Gasteiger partial charge on any atom is 0.195 e. The van der Waals surface area contributed by atoms with E-state index in [1.165, 1.54) is 0 Å². The third kappa shape index (κ3) is 2.02. The van der Waals surface area contributed by atoms with Gasteiger partial charge >= 0.3 is 0 Å². The van der Waals surface area contributed by atoms with E-state index in [1.807, 2.05) is 50.2 Å².